The Morgan fingerprint density at radius 1 is 1.00 bits per heavy atom. The fraction of sp³-hybridized carbons (Fsp3) is 0.625. The molecule has 0 amide bonds. The van der Waals surface area contributed by atoms with Crippen LogP contribution in [0.1, 0.15) is 44.6 Å². The lowest BCUT2D eigenvalue weighted by atomic mass is 9.96. The maximum Gasteiger partial charge on any atom is 0.240 e. The Labute approximate surface area is 145 Å². The van der Waals surface area contributed by atoms with Crippen LogP contribution in [0.15, 0.2) is 29.2 Å². The van der Waals surface area contributed by atoms with Gasteiger partial charge in [-0.3, -0.25) is 0 Å². The zero-order valence-corrected chi connectivity index (χ0v) is 15.6. The van der Waals surface area contributed by atoms with Crippen LogP contribution < -0.4 is 9.44 Å². The summed E-state index contributed by atoms with van der Waals surface area (Å²) in [6, 6.07) is 6.65. The van der Waals surface area contributed by atoms with Crippen molar-refractivity contribution in [1.29, 1.82) is 0 Å². The molecule has 0 radical (unpaired) electrons. The molecule has 0 atom stereocenters. The van der Waals surface area contributed by atoms with Gasteiger partial charge < -0.3 is 0 Å². The molecule has 0 bridgehead atoms. The predicted molar refractivity (Wildman–Crippen MR) is 94.8 cm³/mol. The molecular formula is C16H26N2O4S2. The van der Waals surface area contributed by atoms with Crippen molar-refractivity contribution in [2.75, 3.05) is 12.3 Å². The second-order valence-corrected chi connectivity index (χ2v) is 9.96. The van der Waals surface area contributed by atoms with Crippen LogP contribution in [0.5, 0.6) is 0 Å². The van der Waals surface area contributed by atoms with Gasteiger partial charge >= 0.3 is 0 Å². The van der Waals surface area contributed by atoms with E-state index >= 15 is 0 Å². The molecular weight excluding hydrogens is 348 g/mol. The minimum atomic E-state index is -3.49. The Bertz CT molecular complexity index is 722. The summed E-state index contributed by atoms with van der Waals surface area (Å²) in [7, 11) is -6.68. The van der Waals surface area contributed by atoms with Crippen LogP contribution in [-0.2, 0) is 26.5 Å². The van der Waals surface area contributed by atoms with E-state index in [1.165, 1.54) is 6.42 Å². The molecule has 136 valence electrons. The molecule has 1 fully saturated rings. The molecule has 1 saturated carbocycles. The summed E-state index contributed by atoms with van der Waals surface area (Å²) in [5, 5.41) is 0. The van der Waals surface area contributed by atoms with Crippen LogP contribution in [0, 0.1) is 0 Å². The average Bonchev–Trinajstić information content (AvgIpc) is 2.56. The normalized spacial score (nSPS) is 17.0. The molecule has 0 spiro atoms. The molecule has 2 rings (SSSR count). The Balaban J connectivity index is 1.92. The van der Waals surface area contributed by atoms with E-state index in [9.17, 15) is 16.8 Å². The zero-order valence-electron chi connectivity index (χ0n) is 14.0. The molecule has 1 aromatic rings. The first-order chi connectivity index (χ1) is 11.3. The fourth-order valence-electron chi connectivity index (χ4n) is 2.80. The average molecular weight is 375 g/mol. The summed E-state index contributed by atoms with van der Waals surface area (Å²) >= 11 is 0. The van der Waals surface area contributed by atoms with Gasteiger partial charge in [-0.05, 0) is 43.9 Å². The second-order valence-electron chi connectivity index (χ2n) is 6.15. The molecule has 0 unspecified atom stereocenters. The first kappa shape index (κ1) is 19.4. The smallest absolute Gasteiger partial charge is 0.215 e. The van der Waals surface area contributed by atoms with Crippen molar-refractivity contribution < 1.29 is 16.8 Å². The number of nitrogens with one attached hydrogen (secondary N) is 2. The van der Waals surface area contributed by atoms with E-state index in [1.807, 2.05) is 0 Å². The van der Waals surface area contributed by atoms with Crippen molar-refractivity contribution >= 4 is 20.0 Å². The number of sulfonamides is 2. The summed E-state index contributed by atoms with van der Waals surface area (Å²) in [6.45, 7) is 1.89. The van der Waals surface area contributed by atoms with Gasteiger partial charge in [-0.15, -0.1) is 0 Å². The van der Waals surface area contributed by atoms with E-state index in [4.69, 9.17) is 0 Å². The highest BCUT2D eigenvalue weighted by Gasteiger charge is 2.21. The predicted octanol–water partition coefficient (Wildman–Crippen LogP) is 1.78. The van der Waals surface area contributed by atoms with Crippen LogP contribution in [-0.4, -0.2) is 35.2 Å². The quantitative estimate of drug-likeness (QED) is 0.725. The van der Waals surface area contributed by atoms with E-state index < -0.39 is 20.0 Å². The van der Waals surface area contributed by atoms with Gasteiger partial charge in [0.2, 0.25) is 20.0 Å². The topological polar surface area (TPSA) is 92.3 Å². The third kappa shape index (κ3) is 5.84. The summed E-state index contributed by atoms with van der Waals surface area (Å²) in [5.41, 5.74) is 0.894. The fourth-order valence-corrected chi connectivity index (χ4v) is 4.72. The molecule has 0 aromatic heterocycles. The molecule has 1 aliphatic carbocycles. The maximum absolute atomic E-state index is 12.4. The molecule has 8 heteroatoms. The van der Waals surface area contributed by atoms with Crippen LogP contribution in [0.2, 0.25) is 0 Å². The second kappa shape index (κ2) is 8.42. The van der Waals surface area contributed by atoms with Gasteiger partial charge in [0.15, 0.2) is 0 Å². The monoisotopic (exact) mass is 374 g/mol. The highest BCUT2D eigenvalue weighted by atomic mass is 32.2. The largest absolute Gasteiger partial charge is 0.240 e. The van der Waals surface area contributed by atoms with Crippen LogP contribution >= 0.6 is 0 Å². The molecule has 0 heterocycles. The molecule has 0 saturated heterocycles. The molecule has 24 heavy (non-hydrogen) atoms. The number of hydrogen-bond acceptors (Lipinski definition) is 4. The highest BCUT2D eigenvalue weighted by molar-refractivity contribution is 7.89. The van der Waals surface area contributed by atoms with Gasteiger partial charge in [0.1, 0.15) is 0 Å². The van der Waals surface area contributed by atoms with Crippen molar-refractivity contribution in [2.24, 2.45) is 0 Å². The van der Waals surface area contributed by atoms with Crippen LogP contribution in [0.4, 0.5) is 0 Å². The Morgan fingerprint density at radius 2 is 1.62 bits per heavy atom. The standard InChI is InChI=1S/C16H26N2O4S2/c1-2-23(19,20)17-13-12-14-8-10-16(11-9-14)24(21,22)18-15-6-4-3-5-7-15/h8-11,15,17-18H,2-7,12-13H2,1H3. The zero-order chi connectivity index (χ0) is 17.6. The van der Waals surface area contributed by atoms with E-state index in [0.717, 1.165) is 31.2 Å². The molecule has 1 aromatic carbocycles. The van der Waals surface area contributed by atoms with Crippen molar-refractivity contribution in [2.45, 2.75) is 56.4 Å². The van der Waals surface area contributed by atoms with Crippen LogP contribution in [0.3, 0.4) is 0 Å². The highest BCUT2D eigenvalue weighted by Crippen LogP contribution is 2.20. The van der Waals surface area contributed by atoms with Gasteiger partial charge in [0.05, 0.1) is 10.6 Å². The summed E-state index contributed by atoms with van der Waals surface area (Å²) in [4.78, 5) is 0.256. The number of benzene rings is 1. The van der Waals surface area contributed by atoms with E-state index in [1.54, 1.807) is 31.2 Å². The van der Waals surface area contributed by atoms with Gasteiger partial charge in [0, 0.05) is 12.6 Å². The SMILES string of the molecule is CCS(=O)(=O)NCCc1ccc(S(=O)(=O)NC2CCCCC2)cc1. The van der Waals surface area contributed by atoms with Crippen LogP contribution in [0.25, 0.3) is 0 Å². The Hall–Kier alpha value is -0.960. The molecule has 0 aliphatic heterocycles. The van der Waals surface area contributed by atoms with Gasteiger partial charge in [-0.1, -0.05) is 31.4 Å². The first-order valence-electron chi connectivity index (χ1n) is 8.41. The molecule has 1 aliphatic rings. The Morgan fingerprint density at radius 3 is 2.21 bits per heavy atom. The molecule has 6 nitrogen and oxygen atoms in total. The summed E-state index contributed by atoms with van der Waals surface area (Å²) < 4.78 is 52.8. The number of rotatable bonds is 8. The summed E-state index contributed by atoms with van der Waals surface area (Å²) in [5.74, 6) is 0.0526. The van der Waals surface area contributed by atoms with Gasteiger partial charge in [-0.25, -0.2) is 26.3 Å². The van der Waals surface area contributed by atoms with E-state index in [2.05, 4.69) is 9.44 Å². The van der Waals surface area contributed by atoms with E-state index in [-0.39, 0.29) is 16.7 Å². The Kier molecular flexibility index (Phi) is 6.79. The van der Waals surface area contributed by atoms with Crippen molar-refractivity contribution in [3.63, 3.8) is 0 Å². The van der Waals surface area contributed by atoms with E-state index in [0.29, 0.717) is 13.0 Å². The van der Waals surface area contributed by atoms with Crippen molar-refractivity contribution in [3.05, 3.63) is 29.8 Å². The van der Waals surface area contributed by atoms with Gasteiger partial charge in [0.25, 0.3) is 0 Å². The molecule has 2 N–H and O–H groups in total. The van der Waals surface area contributed by atoms with Crippen molar-refractivity contribution in [1.82, 2.24) is 9.44 Å². The lowest BCUT2D eigenvalue weighted by Gasteiger charge is -2.22. The minimum absolute atomic E-state index is 0.0341. The third-order valence-electron chi connectivity index (χ3n) is 4.28. The lowest BCUT2D eigenvalue weighted by molar-refractivity contribution is 0.412. The first-order valence-corrected chi connectivity index (χ1v) is 11.5. The van der Waals surface area contributed by atoms with Gasteiger partial charge in [-0.2, -0.15) is 0 Å². The number of hydrogen-bond donors (Lipinski definition) is 2. The lowest BCUT2D eigenvalue weighted by Crippen LogP contribution is -2.36. The third-order valence-corrected chi connectivity index (χ3v) is 7.22. The summed E-state index contributed by atoms with van der Waals surface area (Å²) in [6.07, 6.45) is 5.63. The minimum Gasteiger partial charge on any atom is -0.215 e. The van der Waals surface area contributed by atoms with Crippen molar-refractivity contribution in [3.8, 4) is 0 Å². The maximum atomic E-state index is 12.4.